The number of anilines is 1. The number of nitrogens with zero attached hydrogens (tertiary/aromatic N) is 3. The lowest BCUT2D eigenvalue weighted by atomic mass is 10.2. The van der Waals surface area contributed by atoms with Gasteiger partial charge in [0.05, 0.1) is 7.11 Å². The zero-order valence-electron chi connectivity index (χ0n) is 16.6. The van der Waals surface area contributed by atoms with E-state index < -0.39 is 0 Å². The maximum atomic E-state index is 11.5. The number of carbonyl (C=O) groups excluding carboxylic acids is 1. The molecule has 3 rings (SSSR count). The number of ether oxygens (including phenoxy) is 1. The van der Waals surface area contributed by atoms with Gasteiger partial charge in [0.2, 0.25) is 5.91 Å². The van der Waals surface area contributed by atoms with E-state index in [1.54, 1.807) is 14.0 Å². The first kappa shape index (κ1) is 19.9. The van der Waals surface area contributed by atoms with Crippen molar-refractivity contribution in [2.75, 3.05) is 44.7 Å². The minimum atomic E-state index is 0.143. The fourth-order valence-electron chi connectivity index (χ4n) is 3.37. The molecule has 1 saturated heterocycles. The van der Waals surface area contributed by atoms with Crippen molar-refractivity contribution < 1.29 is 9.53 Å². The zero-order chi connectivity index (χ0) is 19.8. The number of hydrogen-bond donors (Lipinski definition) is 1. The lowest BCUT2D eigenvalue weighted by Crippen LogP contribution is -2.48. The minimum Gasteiger partial charge on any atom is -0.496 e. The number of aromatic nitrogens is 1. The SMILES string of the molecule is COc1ccccc1C=CCNCc1cccnc1N1CCN(C(C)=O)CC1. The van der Waals surface area contributed by atoms with Gasteiger partial charge in [0.1, 0.15) is 11.6 Å². The summed E-state index contributed by atoms with van der Waals surface area (Å²) in [6.07, 6.45) is 5.99. The molecule has 0 aliphatic carbocycles. The van der Waals surface area contributed by atoms with Gasteiger partial charge < -0.3 is 19.9 Å². The van der Waals surface area contributed by atoms with E-state index in [1.165, 1.54) is 5.56 Å². The van der Waals surface area contributed by atoms with Crippen LogP contribution in [0.5, 0.6) is 5.75 Å². The lowest BCUT2D eigenvalue weighted by Gasteiger charge is -2.35. The summed E-state index contributed by atoms with van der Waals surface area (Å²) in [5, 5.41) is 3.46. The Morgan fingerprint density at radius 1 is 1.18 bits per heavy atom. The van der Waals surface area contributed by atoms with Gasteiger partial charge in [-0.25, -0.2) is 4.98 Å². The van der Waals surface area contributed by atoms with E-state index in [-0.39, 0.29) is 5.91 Å². The normalized spacial score (nSPS) is 14.5. The van der Waals surface area contributed by atoms with E-state index in [1.807, 2.05) is 41.4 Å². The molecule has 1 aromatic heterocycles. The summed E-state index contributed by atoms with van der Waals surface area (Å²) in [5.41, 5.74) is 2.24. The molecule has 6 heteroatoms. The summed E-state index contributed by atoms with van der Waals surface area (Å²) in [6, 6.07) is 12.0. The molecular formula is C22H28N4O2. The zero-order valence-corrected chi connectivity index (χ0v) is 16.6. The second kappa shape index (κ2) is 9.90. The van der Waals surface area contributed by atoms with Gasteiger partial charge in [-0.15, -0.1) is 0 Å². The molecule has 1 N–H and O–H groups in total. The molecule has 1 fully saturated rings. The predicted molar refractivity (Wildman–Crippen MR) is 112 cm³/mol. The topological polar surface area (TPSA) is 57.7 Å². The minimum absolute atomic E-state index is 0.143. The van der Waals surface area contributed by atoms with Gasteiger partial charge in [-0.2, -0.15) is 0 Å². The smallest absolute Gasteiger partial charge is 0.219 e. The highest BCUT2D eigenvalue weighted by atomic mass is 16.5. The van der Waals surface area contributed by atoms with Crippen LogP contribution in [0.3, 0.4) is 0 Å². The molecule has 0 radical (unpaired) electrons. The highest BCUT2D eigenvalue weighted by Crippen LogP contribution is 2.20. The maximum Gasteiger partial charge on any atom is 0.219 e. The van der Waals surface area contributed by atoms with Crippen molar-refractivity contribution in [2.24, 2.45) is 0 Å². The van der Waals surface area contributed by atoms with Crippen LogP contribution in [-0.4, -0.2) is 55.6 Å². The Morgan fingerprint density at radius 3 is 2.71 bits per heavy atom. The highest BCUT2D eigenvalue weighted by molar-refractivity contribution is 5.73. The molecule has 2 aromatic rings. The van der Waals surface area contributed by atoms with Crippen LogP contribution in [-0.2, 0) is 11.3 Å². The Morgan fingerprint density at radius 2 is 1.96 bits per heavy atom. The number of amides is 1. The summed E-state index contributed by atoms with van der Waals surface area (Å²) in [4.78, 5) is 20.3. The number of carbonyl (C=O) groups is 1. The first-order chi connectivity index (χ1) is 13.7. The standard InChI is InChI=1S/C22H28N4O2/c1-18(27)25-13-15-26(16-14-25)22-20(9-6-12-24-22)17-23-11-5-8-19-7-3-4-10-21(19)28-2/h3-10,12,23H,11,13-17H2,1-2H3. The Labute approximate surface area is 166 Å². The number of rotatable bonds is 7. The maximum absolute atomic E-state index is 11.5. The molecule has 6 nitrogen and oxygen atoms in total. The molecule has 0 atom stereocenters. The Kier molecular flexibility index (Phi) is 7.03. The first-order valence-corrected chi connectivity index (χ1v) is 9.63. The van der Waals surface area contributed by atoms with E-state index in [4.69, 9.17) is 4.74 Å². The van der Waals surface area contributed by atoms with Gasteiger partial charge in [0.15, 0.2) is 0 Å². The Hall–Kier alpha value is -2.86. The van der Waals surface area contributed by atoms with E-state index in [0.29, 0.717) is 0 Å². The van der Waals surface area contributed by atoms with Crippen LogP contribution < -0.4 is 15.0 Å². The molecule has 0 spiro atoms. The second-order valence-electron chi connectivity index (χ2n) is 6.75. The van der Waals surface area contributed by atoms with Crippen LogP contribution in [0.15, 0.2) is 48.7 Å². The van der Waals surface area contributed by atoms with E-state index in [9.17, 15) is 4.79 Å². The summed E-state index contributed by atoms with van der Waals surface area (Å²) in [6.45, 7) is 6.26. The number of para-hydroxylation sites is 1. The summed E-state index contributed by atoms with van der Waals surface area (Å²) < 4.78 is 5.37. The van der Waals surface area contributed by atoms with Crippen molar-refractivity contribution in [3.8, 4) is 5.75 Å². The molecule has 0 bridgehead atoms. The van der Waals surface area contributed by atoms with Crippen molar-refractivity contribution in [3.05, 3.63) is 59.8 Å². The predicted octanol–water partition coefficient (Wildman–Crippen LogP) is 2.56. The molecule has 1 aromatic carbocycles. The van der Waals surface area contributed by atoms with E-state index in [2.05, 4.69) is 33.4 Å². The van der Waals surface area contributed by atoms with Gasteiger partial charge in [0, 0.05) is 63.5 Å². The third-order valence-electron chi connectivity index (χ3n) is 4.91. The van der Waals surface area contributed by atoms with Crippen molar-refractivity contribution in [1.82, 2.24) is 15.2 Å². The largest absolute Gasteiger partial charge is 0.496 e. The van der Waals surface area contributed by atoms with E-state index in [0.717, 1.165) is 56.4 Å². The van der Waals surface area contributed by atoms with Crippen molar-refractivity contribution >= 4 is 17.8 Å². The van der Waals surface area contributed by atoms with Crippen molar-refractivity contribution in [1.29, 1.82) is 0 Å². The fraction of sp³-hybridized carbons (Fsp3) is 0.364. The van der Waals surface area contributed by atoms with Crippen molar-refractivity contribution in [3.63, 3.8) is 0 Å². The summed E-state index contributed by atoms with van der Waals surface area (Å²) in [7, 11) is 1.69. The first-order valence-electron chi connectivity index (χ1n) is 9.63. The quantitative estimate of drug-likeness (QED) is 0.748. The van der Waals surface area contributed by atoms with Gasteiger partial charge in [0.25, 0.3) is 0 Å². The molecule has 1 aliphatic heterocycles. The average molecular weight is 380 g/mol. The molecule has 28 heavy (non-hydrogen) atoms. The number of benzene rings is 1. The van der Waals surface area contributed by atoms with Crippen LogP contribution in [0.25, 0.3) is 6.08 Å². The average Bonchev–Trinajstić information content (AvgIpc) is 2.74. The fourth-order valence-corrected chi connectivity index (χ4v) is 3.37. The second-order valence-corrected chi connectivity index (χ2v) is 6.75. The van der Waals surface area contributed by atoms with Crippen LogP contribution in [0.2, 0.25) is 0 Å². The van der Waals surface area contributed by atoms with Crippen LogP contribution >= 0.6 is 0 Å². The summed E-state index contributed by atoms with van der Waals surface area (Å²) >= 11 is 0. The van der Waals surface area contributed by atoms with Gasteiger partial charge in [-0.3, -0.25) is 4.79 Å². The third-order valence-corrected chi connectivity index (χ3v) is 4.91. The van der Waals surface area contributed by atoms with Gasteiger partial charge in [-0.05, 0) is 12.1 Å². The number of piperazine rings is 1. The number of nitrogens with one attached hydrogen (secondary N) is 1. The molecule has 0 unspecified atom stereocenters. The van der Waals surface area contributed by atoms with Crippen LogP contribution in [0.4, 0.5) is 5.82 Å². The molecular weight excluding hydrogens is 352 g/mol. The number of methoxy groups -OCH3 is 1. The monoisotopic (exact) mass is 380 g/mol. The summed E-state index contributed by atoms with van der Waals surface area (Å²) in [5.74, 6) is 2.02. The Bertz CT molecular complexity index is 814. The Balaban J connectivity index is 1.54. The molecule has 1 aliphatic rings. The molecule has 2 heterocycles. The van der Waals surface area contributed by atoms with Gasteiger partial charge in [-0.1, -0.05) is 36.4 Å². The number of pyridine rings is 1. The lowest BCUT2D eigenvalue weighted by molar-refractivity contribution is -0.129. The van der Waals surface area contributed by atoms with Crippen molar-refractivity contribution in [2.45, 2.75) is 13.5 Å². The third kappa shape index (κ3) is 5.10. The van der Waals surface area contributed by atoms with Crippen LogP contribution in [0, 0.1) is 0 Å². The van der Waals surface area contributed by atoms with Gasteiger partial charge >= 0.3 is 0 Å². The molecule has 148 valence electrons. The van der Waals surface area contributed by atoms with E-state index >= 15 is 0 Å². The number of hydrogen-bond acceptors (Lipinski definition) is 5. The molecule has 0 saturated carbocycles. The van der Waals surface area contributed by atoms with Crippen LogP contribution in [0.1, 0.15) is 18.1 Å². The molecule has 1 amide bonds. The highest BCUT2D eigenvalue weighted by Gasteiger charge is 2.21.